The van der Waals surface area contributed by atoms with Gasteiger partial charge in [0, 0.05) is 41.3 Å². The third-order valence-corrected chi connectivity index (χ3v) is 4.54. The molecule has 102 valence electrons. The Bertz CT molecular complexity index is 718. The minimum Gasteiger partial charge on any atom is -0.378 e. The van der Waals surface area contributed by atoms with E-state index in [2.05, 4.69) is 81.5 Å². The van der Waals surface area contributed by atoms with Gasteiger partial charge in [-0.25, -0.2) is 4.98 Å². The molecule has 0 bridgehead atoms. The second-order valence-electron chi connectivity index (χ2n) is 5.14. The molecule has 0 aliphatic rings. The van der Waals surface area contributed by atoms with Crippen molar-refractivity contribution in [2.75, 3.05) is 19.0 Å². The molecule has 0 saturated heterocycles. The lowest BCUT2D eigenvalue weighted by Gasteiger charge is -2.12. The van der Waals surface area contributed by atoms with Gasteiger partial charge in [-0.15, -0.1) is 0 Å². The first-order valence-electron chi connectivity index (χ1n) is 6.47. The molecule has 0 aliphatic carbocycles. The molecule has 4 heteroatoms. The smallest absolute Gasteiger partial charge is 0.137 e. The van der Waals surface area contributed by atoms with Crippen molar-refractivity contribution < 1.29 is 0 Å². The number of pyridine rings is 1. The summed E-state index contributed by atoms with van der Waals surface area (Å²) in [6, 6.07) is 10.6. The molecule has 20 heavy (non-hydrogen) atoms. The van der Waals surface area contributed by atoms with Gasteiger partial charge >= 0.3 is 0 Å². The highest BCUT2D eigenvalue weighted by atomic mass is 127. The summed E-state index contributed by atoms with van der Waals surface area (Å²) < 4.78 is 3.34. The highest BCUT2D eigenvalue weighted by Crippen LogP contribution is 2.23. The van der Waals surface area contributed by atoms with Gasteiger partial charge in [0.15, 0.2) is 0 Å². The minimum absolute atomic E-state index is 0.995. The van der Waals surface area contributed by atoms with Crippen LogP contribution < -0.4 is 4.90 Å². The van der Waals surface area contributed by atoms with E-state index in [1.165, 1.54) is 14.8 Å². The number of nitrogens with zero attached hydrogens (tertiary/aromatic N) is 3. The van der Waals surface area contributed by atoms with E-state index in [9.17, 15) is 0 Å². The van der Waals surface area contributed by atoms with Gasteiger partial charge in [-0.2, -0.15) is 0 Å². The zero-order chi connectivity index (χ0) is 14.3. The van der Waals surface area contributed by atoms with Gasteiger partial charge in [-0.05, 0) is 53.3 Å². The Labute approximate surface area is 132 Å². The predicted octanol–water partition coefficient (Wildman–Crippen LogP) is 3.98. The Hall–Kier alpha value is -1.56. The van der Waals surface area contributed by atoms with E-state index in [4.69, 9.17) is 4.98 Å². The molecule has 0 aliphatic heterocycles. The molecule has 0 atom stereocenters. The number of fused-ring (bicyclic) bond motifs is 1. The van der Waals surface area contributed by atoms with E-state index in [0.29, 0.717) is 0 Å². The first-order chi connectivity index (χ1) is 9.54. The maximum Gasteiger partial charge on any atom is 0.137 e. The van der Waals surface area contributed by atoms with Crippen molar-refractivity contribution in [3.8, 4) is 11.3 Å². The second-order valence-corrected chi connectivity index (χ2v) is 6.30. The van der Waals surface area contributed by atoms with Crippen molar-refractivity contribution in [2.45, 2.75) is 6.92 Å². The highest BCUT2D eigenvalue weighted by Gasteiger charge is 2.06. The molecular formula is C16H16IN3. The van der Waals surface area contributed by atoms with Crippen molar-refractivity contribution in [3.63, 3.8) is 0 Å². The molecule has 3 rings (SSSR count). The molecule has 2 heterocycles. The Morgan fingerprint density at radius 2 is 1.80 bits per heavy atom. The molecule has 0 spiro atoms. The van der Waals surface area contributed by atoms with Crippen LogP contribution in [-0.4, -0.2) is 23.5 Å². The summed E-state index contributed by atoms with van der Waals surface area (Å²) in [5, 5.41) is 0. The molecule has 3 nitrogen and oxygen atoms in total. The van der Waals surface area contributed by atoms with Gasteiger partial charge < -0.3 is 9.30 Å². The minimum atomic E-state index is 0.995. The van der Waals surface area contributed by atoms with Gasteiger partial charge in [-0.1, -0.05) is 12.1 Å². The van der Waals surface area contributed by atoms with Gasteiger partial charge in [0.2, 0.25) is 0 Å². The Kier molecular flexibility index (Phi) is 3.41. The Balaban J connectivity index is 2.05. The maximum atomic E-state index is 4.71. The summed E-state index contributed by atoms with van der Waals surface area (Å²) in [6.07, 6.45) is 4.21. The normalized spacial score (nSPS) is 11.0. The molecule has 1 aromatic carbocycles. The Morgan fingerprint density at radius 1 is 1.10 bits per heavy atom. The lowest BCUT2D eigenvalue weighted by molar-refractivity contribution is 1.13. The number of imidazole rings is 1. The van der Waals surface area contributed by atoms with Crippen molar-refractivity contribution >= 4 is 33.9 Å². The topological polar surface area (TPSA) is 20.5 Å². The van der Waals surface area contributed by atoms with Gasteiger partial charge in [0.25, 0.3) is 0 Å². The number of hydrogen-bond acceptors (Lipinski definition) is 2. The zero-order valence-electron chi connectivity index (χ0n) is 11.8. The largest absolute Gasteiger partial charge is 0.378 e. The van der Waals surface area contributed by atoms with Gasteiger partial charge in [0.1, 0.15) is 5.65 Å². The molecule has 0 N–H and O–H groups in total. The number of halogens is 1. The zero-order valence-corrected chi connectivity index (χ0v) is 13.9. The highest BCUT2D eigenvalue weighted by molar-refractivity contribution is 14.1. The molecule has 2 aromatic heterocycles. The van der Waals surface area contributed by atoms with Crippen LogP contribution in [0.25, 0.3) is 16.9 Å². The lowest BCUT2D eigenvalue weighted by Crippen LogP contribution is -2.07. The molecule has 0 amide bonds. The van der Waals surface area contributed by atoms with E-state index >= 15 is 0 Å². The van der Waals surface area contributed by atoms with Gasteiger partial charge in [0.05, 0.1) is 5.69 Å². The number of aryl methyl sites for hydroxylation is 1. The third kappa shape index (κ3) is 2.40. The quantitative estimate of drug-likeness (QED) is 0.630. The van der Waals surface area contributed by atoms with E-state index in [-0.39, 0.29) is 0 Å². The number of rotatable bonds is 2. The molecular weight excluding hydrogens is 361 g/mol. The summed E-state index contributed by atoms with van der Waals surface area (Å²) in [5.74, 6) is 0. The average Bonchev–Trinajstić information content (AvgIpc) is 2.82. The first-order valence-corrected chi connectivity index (χ1v) is 7.55. The summed E-state index contributed by atoms with van der Waals surface area (Å²) in [6.45, 7) is 2.11. The summed E-state index contributed by atoms with van der Waals surface area (Å²) >= 11 is 2.35. The predicted molar refractivity (Wildman–Crippen MR) is 92.4 cm³/mol. The molecule has 0 saturated carbocycles. The summed E-state index contributed by atoms with van der Waals surface area (Å²) in [4.78, 5) is 6.80. The summed E-state index contributed by atoms with van der Waals surface area (Å²) in [5.41, 5.74) is 5.61. The first kappa shape index (κ1) is 13.4. The fourth-order valence-corrected chi connectivity index (χ4v) is 2.63. The summed E-state index contributed by atoms with van der Waals surface area (Å²) in [7, 11) is 4.09. The van der Waals surface area contributed by atoms with E-state index in [1.807, 2.05) is 14.1 Å². The monoisotopic (exact) mass is 377 g/mol. The van der Waals surface area contributed by atoms with E-state index < -0.39 is 0 Å². The van der Waals surface area contributed by atoms with E-state index in [0.717, 1.165) is 16.9 Å². The van der Waals surface area contributed by atoms with Crippen LogP contribution in [0.15, 0.2) is 42.7 Å². The fraction of sp³-hybridized carbons (Fsp3) is 0.188. The number of benzene rings is 1. The lowest BCUT2D eigenvalue weighted by atomic mass is 10.1. The van der Waals surface area contributed by atoms with Crippen LogP contribution in [0, 0.1) is 10.5 Å². The number of aromatic nitrogens is 2. The van der Waals surface area contributed by atoms with Crippen molar-refractivity contribution in [2.24, 2.45) is 0 Å². The maximum absolute atomic E-state index is 4.71. The standard InChI is InChI=1S/C16H16IN3/c1-11-8-16-18-15(10-20(16)9-14(11)17)12-4-6-13(7-5-12)19(2)3/h4-10H,1-3H3. The van der Waals surface area contributed by atoms with Crippen LogP contribution in [0.5, 0.6) is 0 Å². The molecule has 3 aromatic rings. The van der Waals surface area contributed by atoms with Crippen LogP contribution in [0.2, 0.25) is 0 Å². The number of anilines is 1. The van der Waals surface area contributed by atoms with E-state index in [1.54, 1.807) is 0 Å². The number of hydrogen-bond donors (Lipinski definition) is 0. The molecule has 0 radical (unpaired) electrons. The van der Waals surface area contributed by atoms with Crippen molar-refractivity contribution in [1.29, 1.82) is 0 Å². The van der Waals surface area contributed by atoms with Crippen LogP contribution >= 0.6 is 22.6 Å². The van der Waals surface area contributed by atoms with Crippen LogP contribution in [0.1, 0.15) is 5.56 Å². The van der Waals surface area contributed by atoms with Crippen LogP contribution in [-0.2, 0) is 0 Å². The molecule has 0 unspecified atom stereocenters. The second kappa shape index (κ2) is 5.09. The third-order valence-electron chi connectivity index (χ3n) is 3.42. The van der Waals surface area contributed by atoms with Crippen molar-refractivity contribution in [3.05, 3.63) is 51.9 Å². The Morgan fingerprint density at radius 3 is 2.45 bits per heavy atom. The van der Waals surface area contributed by atoms with Crippen molar-refractivity contribution in [1.82, 2.24) is 9.38 Å². The fourth-order valence-electron chi connectivity index (χ4n) is 2.17. The van der Waals surface area contributed by atoms with Crippen LogP contribution in [0.4, 0.5) is 5.69 Å². The average molecular weight is 377 g/mol. The molecule has 0 fully saturated rings. The SMILES string of the molecule is Cc1cc2nc(-c3ccc(N(C)C)cc3)cn2cc1I. The van der Waals surface area contributed by atoms with Gasteiger partial charge in [-0.3, -0.25) is 0 Å². The van der Waals surface area contributed by atoms with Crippen LogP contribution in [0.3, 0.4) is 0 Å².